The van der Waals surface area contributed by atoms with Crippen LogP contribution in [0.5, 0.6) is 0 Å². The molecule has 27 heavy (non-hydrogen) atoms. The quantitative estimate of drug-likeness (QED) is 0.703. The Hall–Kier alpha value is -2.67. The minimum atomic E-state index is -0.158. The van der Waals surface area contributed by atoms with E-state index in [2.05, 4.69) is 44.2 Å². The van der Waals surface area contributed by atoms with Crippen molar-refractivity contribution in [3.8, 4) is 5.82 Å². The number of hydrogen-bond donors (Lipinski definition) is 1. The first-order chi connectivity index (χ1) is 13.1. The number of aryl methyl sites for hydroxylation is 2. The first-order valence-electron chi connectivity index (χ1n) is 9.22. The molecule has 0 radical (unpaired) electrons. The molecule has 138 valence electrons. The fourth-order valence-corrected chi connectivity index (χ4v) is 5.20. The van der Waals surface area contributed by atoms with Crippen LogP contribution in [0.25, 0.3) is 5.82 Å². The highest BCUT2D eigenvalue weighted by atomic mass is 32.1. The van der Waals surface area contributed by atoms with Crippen molar-refractivity contribution in [2.45, 2.75) is 32.2 Å². The van der Waals surface area contributed by atoms with Crippen LogP contribution in [0.3, 0.4) is 0 Å². The van der Waals surface area contributed by atoms with Gasteiger partial charge in [0.15, 0.2) is 5.82 Å². The van der Waals surface area contributed by atoms with Gasteiger partial charge in [0, 0.05) is 31.2 Å². The normalized spacial score (nSPS) is 17.3. The van der Waals surface area contributed by atoms with Crippen molar-refractivity contribution in [1.29, 1.82) is 0 Å². The fourth-order valence-electron chi connectivity index (χ4n) is 4.31. The van der Waals surface area contributed by atoms with Gasteiger partial charge in [-0.2, -0.15) is 0 Å². The Bertz CT molecular complexity index is 1030. The third-order valence-corrected chi connectivity index (χ3v) is 6.69. The molecule has 1 fully saturated rings. The van der Waals surface area contributed by atoms with Crippen LogP contribution in [0.4, 0.5) is 5.69 Å². The van der Waals surface area contributed by atoms with Crippen molar-refractivity contribution in [3.05, 3.63) is 57.9 Å². The number of hydrogen-bond acceptors (Lipinski definition) is 5. The van der Waals surface area contributed by atoms with Crippen molar-refractivity contribution < 1.29 is 4.79 Å². The summed E-state index contributed by atoms with van der Waals surface area (Å²) in [6.07, 6.45) is 5.63. The molecule has 7 heteroatoms. The second kappa shape index (κ2) is 5.92. The summed E-state index contributed by atoms with van der Waals surface area (Å²) in [5.74, 6) is 1.05. The number of aromatic nitrogens is 3. The number of piperidine rings is 1. The molecule has 1 N–H and O–H groups in total. The zero-order valence-electron chi connectivity index (χ0n) is 15.4. The van der Waals surface area contributed by atoms with E-state index in [1.165, 1.54) is 17.0 Å². The maximum absolute atomic E-state index is 13.0. The van der Waals surface area contributed by atoms with Gasteiger partial charge in [-0.15, -0.1) is 11.3 Å². The van der Waals surface area contributed by atoms with Gasteiger partial charge in [0.1, 0.15) is 4.88 Å². The van der Waals surface area contributed by atoms with Crippen LogP contribution in [0, 0.1) is 13.8 Å². The molecule has 0 aliphatic carbocycles. The van der Waals surface area contributed by atoms with Gasteiger partial charge < -0.3 is 14.8 Å². The van der Waals surface area contributed by atoms with Gasteiger partial charge >= 0.3 is 0 Å². The van der Waals surface area contributed by atoms with Crippen LogP contribution in [-0.4, -0.2) is 38.4 Å². The first-order valence-corrected chi connectivity index (χ1v) is 10.0. The number of nitrogens with one attached hydrogen (secondary N) is 1. The molecule has 6 nitrogen and oxygen atoms in total. The Morgan fingerprint density at radius 2 is 2.04 bits per heavy atom. The van der Waals surface area contributed by atoms with Gasteiger partial charge in [0.05, 0.1) is 21.9 Å². The molecule has 0 aromatic carbocycles. The molecule has 0 bridgehead atoms. The van der Waals surface area contributed by atoms with Crippen molar-refractivity contribution in [1.82, 2.24) is 19.4 Å². The number of amides is 1. The molecule has 3 aromatic heterocycles. The fraction of sp³-hybridized carbons (Fsp3) is 0.350. The molecular formula is C20H21N5OS. The lowest BCUT2D eigenvalue weighted by molar-refractivity contribution is 0.0680. The van der Waals surface area contributed by atoms with E-state index >= 15 is 0 Å². The average molecular weight is 379 g/mol. The van der Waals surface area contributed by atoms with E-state index in [9.17, 15) is 4.79 Å². The minimum absolute atomic E-state index is 0.112. The lowest BCUT2D eigenvalue weighted by Gasteiger charge is -2.45. The maximum atomic E-state index is 13.0. The first kappa shape index (κ1) is 16.5. The summed E-state index contributed by atoms with van der Waals surface area (Å²) in [5, 5.41) is 4.68. The van der Waals surface area contributed by atoms with E-state index in [0.29, 0.717) is 0 Å². The standard InChI is InChI=1S/C20H21N5OS/c1-13-17(27-14(2)22-13)19(26)24-11-7-20(8-12-24)16-6-4-10-25(16)18-15(23-20)5-3-9-21-18/h3-6,9-10,23H,7-8,11-12H2,1-2H3. The molecule has 3 aromatic rings. The summed E-state index contributed by atoms with van der Waals surface area (Å²) >= 11 is 1.49. The number of rotatable bonds is 1. The van der Waals surface area contributed by atoms with Gasteiger partial charge in [0.2, 0.25) is 0 Å². The minimum Gasteiger partial charge on any atom is -0.371 e. The highest BCUT2D eigenvalue weighted by Gasteiger charge is 2.43. The molecule has 0 saturated carbocycles. The molecule has 1 spiro atoms. The summed E-state index contributed by atoms with van der Waals surface area (Å²) in [4.78, 5) is 24.6. The van der Waals surface area contributed by atoms with Gasteiger partial charge in [-0.05, 0) is 51.0 Å². The third kappa shape index (κ3) is 2.49. The van der Waals surface area contributed by atoms with E-state index in [4.69, 9.17) is 0 Å². The number of thiazole rings is 1. The van der Waals surface area contributed by atoms with Crippen LogP contribution in [0.1, 0.15) is 38.9 Å². The van der Waals surface area contributed by atoms with E-state index in [1.807, 2.05) is 31.0 Å². The second-order valence-electron chi connectivity index (χ2n) is 7.28. The summed E-state index contributed by atoms with van der Waals surface area (Å²) in [5.41, 5.74) is 2.96. The van der Waals surface area contributed by atoms with E-state index < -0.39 is 0 Å². The Kier molecular flexibility index (Phi) is 3.62. The highest BCUT2D eigenvalue weighted by Crippen LogP contribution is 2.42. The number of nitrogens with zero attached hydrogens (tertiary/aromatic N) is 4. The van der Waals surface area contributed by atoms with Crippen LogP contribution < -0.4 is 5.32 Å². The number of pyridine rings is 1. The lowest BCUT2D eigenvalue weighted by atomic mass is 9.82. The van der Waals surface area contributed by atoms with E-state index in [-0.39, 0.29) is 11.4 Å². The van der Waals surface area contributed by atoms with E-state index in [0.717, 1.165) is 53.0 Å². The Labute approximate surface area is 161 Å². The molecule has 5 rings (SSSR count). The average Bonchev–Trinajstić information content (AvgIpc) is 3.29. The SMILES string of the molecule is Cc1nc(C)c(C(=O)N2CCC3(CC2)Nc2cccnc2-n2cccc23)s1. The topological polar surface area (TPSA) is 63.1 Å². The number of likely N-dealkylation sites (tertiary alicyclic amines) is 1. The number of fused-ring (bicyclic) bond motifs is 4. The van der Waals surface area contributed by atoms with Crippen LogP contribution >= 0.6 is 11.3 Å². The zero-order valence-corrected chi connectivity index (χ0v) is 16.2. The monoisotopic (exact) mass is 379 g/mol. The molecule has 5 heterocycles. The van der Waals surface area contributed by atoms with Crippen molar-refractivity contribution >= 4 is 22.9 Å². The van der Waals surface area contributed by atoms with Gasteiger partial charge in [-0.25, -0.2) is 9.97 Å². The van der Waals surface area contributed by atoms with E-state index in [1.54, 1.807) is 0 Å². The number of anilines is 1. The molecule has 1 saturated heterocycles. The predicted molar refractivity (Wildman–Crippen MR) is 106 cm³/mol. The van der Waals surface area contributed by atoms with Gasteiger partial charge in [-0.3, -0.25) is 4.79 Å². The lowest BCUT2D eigenvalue weighted by Crippen LogP contribution is -2.51. The number of carbonyl (C=O) groups excluding carboxylic acids is 1. The predicted octanol–water partition coefficient (Wildman–Crippen LogP) is 3.50. The third-order valence-electron chi connectivity index (χ3n) is 5.63. The summed E-state index contributed by atoms with van der Waals surface area (Å²) < 4.78 is 2.18. The Morgan fingerprint density at radius 1 is 1.22 bits per heavy atom. The molecular weight excluding hydrogens is 358 g/mol. The molecule has 0 atom stereocenters. The van der Waals surface area contributed by atoms with Gasteiger partial charge in [0.25, 0.3) is 5.91 Å². The molecule has 1 amide bonds. The second-order valence-corrected chi connectivity index (χ2v) is 8.49. The largest absolute Gasteiger partial charge is 0.371 e. The van der Waals surface area contributed by atoms with Crippen molar-refractivity contribution in [3.63, 3.8) is 0 Å². The Morgan fingerprint density at radius 3 is 2.78 bits per heavy atom. The molecule has 2 aliphatic rings. The highest BCUT2D eigenvalue weighted by molar-refractivity contribution is 7.13. The van der Waals surface area contributed by atoms with Crippen molar-refractivity contribution in [2.24, 2.45) is 0 Å². The van der Waals surface area contributed by atoms with Crippen LogP contribution in [-0.2, 0) is 5.54 Å². The summed E-state index contributed by atoms with van der Waals surface area (Å²) in [6, 6.07) is 8.28. The molecule has 0 unspecified atom stereocenters. The zero-order chi connectivity index (χ0) is 18.6. The van der Waals surface area contributed by atoms with Crippen LogP contribution in [0.2, 0.25) is 0 Å². The van der Waals surface area contributed by atoms with Crippen LogP contribution in [0.15, 0.2) is 36.7 Å². The maximum Gasteiger partial charge on any atom is 0.265 e. The number of carbonyl (C=O) groups is 1. The van der Waals surface area contributed by atoms with Gasteiger partial charge in [-0.1, -0.05) is 0 Å². The van der Waals surface area contributed by atoms with Crippen molar-refractivity contribution in [2.75, 3.05) is 18.4 Å². The summed E-state index contributed by atoms with van der Waals surface area (Å²) in [7, 11) is 0. The summed E-state index contributed by atoms with van der Waals surface area (Å²) in [6.45, 7) is 5.32. The Balaban J connectivity index is 1.42. The smallest absolute Gasteiger partial charge is 0.265 e. The molecule has 2 aliphatic heterocycles.